The lowest BCUT2D eigenvalue weighted by Gasteiger charge is -2.18. The Balaban J connectivity index is 2.16. The van der Waals surface area contributed by atoms with Crippen LogP contribution in [0, 0.1) is 0 Å². The lowest BCUT2D eigenvalue weighted by Crippen LogP contribution is -2.27. The van der Waals surface area contributed by atoms with Gasteiger partial charge < -0.3 is 9.84 Å². The highest BCUT2D eigenvalue weighted by Gasteiger charge is 2.20. The first kappa shape index (κ1) is 15.5. The molecular weight excluding hydrogens is 292 g/mol. The molecule has 1 atom stereocenters. The van der Waals surface area contributed by atoms with Crippen LogP contribution in [0.25, 0.3) is 0 Å². The molecule has 0 radical (unpaired) electrons. The molecule has 21 heavy (non-hydrogen) atoms. The van der Waals surface area contributed by atoms with Gasteiger partial charge in [-0.05, 0) is 38.5 Å². The average molecular weight is 309 g/mol. The number of hydrogen-bond donors (Lipinski definition) is 1. The van der Waals surface area contributed by atoms with Gasteiger partial charge in [-0.25, -0.2) is 4.79 Å². The number of carbonyl (C=O) groups is 1. The van der Waals surface area contributed by atoms with Crippen LogP contribution in [-0.4, -0.2) is 26.6 Å². The van der Waals surface area contributed by atoms with Crippen molar-refractivity contribution in [2.75, 3.05) is 0 Å². The SMILES string of the molecule is CC(C)(C)OC(=O)n1cc(C(O)c2ccc(Cl)cc2)cn1. The minimum Gasteiger partial charge on any atom is -0.442 e. The highest BCUT2D eigenvalue weighted by atomic mass is 35.5. The number of hydrogen-bond acceptors (Lipinski definition) is 4. The van der Waals surface area contributed by atoms with E-state index in [9.17, 15) is 9.90 Å². The average Bonchev–Trinajstić information content (AvgIpc) is 2.86. The van der Waals surface area contributed by atoms with Crippen LogP contribution in [0.3, 0.4) is 0 Å². The Kier molecular flexibility index (Phi) is 4.34. The molecule has 0 spiro atoms. The van der Waals surface area contributed by atoms with Crippen molar-refractivity contribution in [3.63, 3.8) is 0 Å². The Morgan fingerprint density at radius 1 is 1.29 bits per heavy atom. The van der Waals surface area contributed by atoms with Gasteiger partial charge in [-0.2, -0.15) is 9.78 Å². The molecule has 5 nitrogen and oxygen atoms in total. The Hall–Kier alpha value is -1.85. The predicted octanol–water partition coefficient (Wildman–Crippen LogP) is 3.40. The maximum atomic E-state index is 11.9. The van der Waals surface area contributed by atoms with Gasteiger partial charge in [0.25, 0.3) is 0 Å². The van der Waals surface area contributed by atoms with Crippen LogP contribution in [0.5, 0.6) is 0 Å². The number of aromatic nitrogens is 2. The van der Waals surface area contributed by atoms with E-state index in [0.717, 1.165) is 4.68 Å². The quantitative estimate of drug-likeness (QED) is 0.923. The zero-order chi connectivity index (χ0) is 15.6. The molecule has 2 rings (SSSR count). The Bertz CT molecular complexity index is 629. The molecule has 1 aromatic carbocycles. The highest BCUT2D eigenvalue weighted by Crippen LogP contribution is 2.23. The van der Waals surface area contributed by atoms with Crippen molar-refractivity contribution in [3.05, 3.63) is 52.8 Å². The molecule has 0 saturated carbocycles. The van der Waals surface area contributed by atoms with Crippen LogP contribution >= 0.6 is 11.6 Å². The fourth-order valence-electron chi connectivity index (χ4n) is 1.72. The summed E-state index contributed by atoms with van der Waals surface area (Å²) < 4.78 is 6.27. The lowest BCUT2D eigenvalue weighted by atomic mass is 10.1. The maximum absolute atomic E-state index is 11.9. The number of rotatable bonds is 2. The summed E-state index contributed by atoms with van der Waals surface area (Å²) in [4.78, 5) is 11.9. The number of carbonyl (C=O) groups excluding carboxylic acids is 1. The molecule has 0 aliphatic heterocycles. The summed E-state index contributed by atoms with van der Waals surface area (Å²) >= 11 is 5.81. The number of ether oxygens (including phenoxy) is 1. The minimum atomic E-state index is -0.876. The smallest absolute Gasteiger partial charge is 0.435 e. The summed E-state index contributed by atoms with van der Waals surface area (Å²) in [5, 5.41) is 14.8. The molecule has 1 unspecified atom stereocenters. The molecule has 0 aliphatic carbocycles. The van der Waals surface area contributed by atoms with Gasteiger partial charge in [0.15, 0.2) is 0 Å². The third-order valence-electron chi connectivity index (χ3n) is 2.68. The summed E-state index contributed by atoms with van der Waals surface area (Å²) in [6.45, 7) is 5.33. The molecule has 1 heterocycles. The predicted molar refractivity (Wildman–Crippen MR) is 79.4 cm³/mol. The summed E-state index contributed by atoms with van der Waals surface area (Å²) in [5.41, 5.74) is 0.573. The minimum absolute atomic E-state index is 0.503. The van der Waals surface area contributed by atoms with Gasteiger partial charge in [0.05, 0.1) is 6.20 Å². The zero-order valence-electron chi connectivity index (χ0n) is 12.1. The Morgan fingerprint density at radius 3 is 2.48 bits per heavy atom. The lowest BCUT2D eigenvalue weighted by molar-refractivity contribution is 0.0514. The van der Waals surface area contributed by atoms with E-state index in [4.69, 9.17) is 16.3 Å². The van der Waals surface area contributed by atoms with Gasteiger partial charge in [0.1, 0.15) is 11.7 Å². The van der Waals surface area contributed by atoms with E-state index in [1.165, 1.54) is 12.4 Å². The molecule has 0 bridgehead atoms. The van der Waals surface area contributed by atoms with Gasteiger partial charge in [-0.1, -0.05) is 23.7 Å². The highest BCUT2D eigenvalue weighted by molar-refractivity contribution is 6.30. The molecule has 6 heteroatoms. The fraction of sp³-hybridized carbons (Fsp3) is 0.333. The second-order valence-corrected chi connectivity index (χ2v) is 6.09. The molecule has 0 aliphatic rings. The summed E-state index contributed by atoms with van der Waals surface area (Å²) in [5.74, 6) is 0. The van der Waals surface area contributed by atoms with Crippen molar-refractivity contribution >= 4 is 17.7 Å². The van der Waals surface area contributed by atoms with E-state index < -0.39 is 17.8 Å². The standard InChI is InChI=1S/C15H17ClN2O3/c1-15(2,3)21-14(20)18-9-11(8-17-18)13(19)10-4-6-12(16)7-5-10/h4-9,13,19H,1-3H3. The van der Waals surface area contributed by atoms with Gasteiger partial charge in [0, 0.05) is 16.8 Å². The van der Waals surface area contributed by atoms with Crippen LogP contribution in [-0.2, 0) is 4.74 Å². The van der Waals surface area contributed by atoms with Crippen LogP contribution in [0.15, 0.2) is 36.7 Å². The Labute approximate surface area is 128 Å². The summed E-state index contributed by atoms with van der Waals surface area (Å²) in [7, 11) is 0. The van der Waals surface area contributed by atoms with Gasteiger partial charge in [-0.15, -0.1) is 0 Å². The third kappa shape index (κ3) is 4.06. The van der Waals surface area contributed by atoms with Crippen molar-refractivity contribution in [2.24, 2.45) is 0 Å². The molecule has 2 aromatic rings. The molecule has 0 amide bonds. The Morgan fingerprint density at radius 2 is 1.90 bits per heavy atom. The van der Waals surface area contributed by atoms with Crippen LogP contribution in [0.1, 0.15) is 38.0 Å². The first-order valence-electron chi connectivity index (χ1n) is 6.48. The number of nitrogens with zero attached hydrogens (tertiary/aromatic N) is 2. The van der Waals surface area contributed by atoms with Crippen molar-refractivity contribution < 1.29 is 14.6 Å². The van der Waals surface area contributed by atoms with Gasteiger partial charge in [0.2, 0.25) is 0 Å². The zero-order valence-corrected chi connectivity index (χ0v) is 12.8. The number of aliphatic hydroxyl groups is 1. The monoisotopic (exact) mass is 308 g/mol. The summed E-state index contributed by atoms with van der Waals surface area (Å²) in [6.07, 6.45) is 1.42. The molecule has 0 fully saturated rings. The van der Waals surface area contributed by atoms with E-state index in [1.54, 1.807) is 45.0 Å². The van der Waals surface area contributed by atoms with Crippen LogP contribution in [0.4, 0.5) is 4.79 Å². The molecule has 112 valence electrons. The van der Waals surface area contributed by atoms with Gasteiger partial charge in [-0.3, -0.25) is 0 Å². The topological polar surface area (TPSA) is 64.3 Å². The first-order valence-corrected chi connectivity index (χ1v) is 6.85. The van der Waals surface area contributed by atoms with Crippen molar-refractivity contribution in [3.8, 4) is 0 Å². The van der Waals surface area contributed by atoms with E-state index in [0.29, 0.717) is 16.1 Å². The van der Waals surface area contributed by atoms with Crippen LogP contribution in [0.2, 0.25) is 5.02 Å². The second-order valence-electron chi connectivity index (χ2n) is 5.65. The molecule has 1 N–H and O–H groups in total. The second kappa shape index (κ2) is 5.87. The van der Waals surface area contributed by atoms with E-state index in [1.807, 2.05) is 0 Å². The number of aliphatic hydroxyl groups excluding tert-OH is 1. The van der Waals surface area contributed by atoms with E-state index in [-0.39, 0.29) is 0 Å². The van der Waals surface area contributed by atoms with Gasteiger partial charge >= 0.3 is 6.09 Å². The number of benzene rings is 1. The maximum Gasteiger partial charge on any atom is 0.435 e. The fourth-order valence-corrected chi connectivity index (χ4v) is 1.85. The molecule has 0 saturated heterocycles. The van der Waals surface area contributed by atoms with Crippen molar-refractivity contribution in [1.82, 2.24) is 9.78 Å². The first-order chi connectivity index (χ1) is 9.76. The van der Waals surface area contributed by atoms with Crippen molar-refractivity contribution in [1.29, 1.82) is 0 Å². The van der Waals surface area contributed by atoms with E-state index in [2.05, 4.69) is 5.10 Å². The molecule has 1 aromatic heterocycles. The third-order valence-corrected chi connectivity index (χ3v) is 2.94. The van der Waals surface area contributed by atoms with Crippen LogP contribution < -0.4 is 0 Å². The largest absolute Gasteiger partial charge is 0.442 e. The molecular formula is C15H17ClN2O3. The normalized spacial score (nSPS) is 13.0. The summed E-state index contributed by atoms with van der Waals surface area (Å²) in [6, 6.07) is 6.83. The number of halogens is 1. The van der Waals surface area contributed by atoms with Crippen molar-refractivity contribution in [2.45, 2.75) is 32.5 Å². The van der Waals surface area contributed by atoms with E-state index >= 15 is 0 Å².